The maximum Gasteiger partial charge on any atom is 0.119 e. The molecule has 1 unspecified atom stereocenters. The van der Waals surface area contributed by atoms with Crippen molar-refractivity contribution in [3.8, 4) is 11.8 Å². The van der Waals surface area contributed by atoms with Gasteiger partial charge in [0.15, 0.2) is 0 Å². The van der Waals surface area contributed by atoms with Gasteiger partial charge in [0.1, 0.15) is 11.3 Å². The molecule has 0 amide bonds. The predicted octanol–water partition coefficient (Wildman–Crippen LogP) is 3.64. The Morgan fingerprint density at radius 2 is 2.00 bits per heavy atom. The minimum Gasteiger partial charge on any atom is -0.493 e. The summed E-state index contributed by atoms with van der Waals surface area (Å²) in [5.41, 5.74) is -0.488. The average Bonchev–Trinajstić information content (AvgIpc) is 3.31. The number of hydrogen-bond donors (Lipinski definition) is 1. The summed E-state index contributed by atoms with van der Waals surface area (Å²) >= 11 is 0. The average molecular weight is 280 g/mol. The van der Waals surface area contributed by atoms with Gasteiger partial charge in [-0.1, -0.05) is 30.3 Å². The van der Waals surface area contributed by atoms with E-state index < -0.39 is 5.54 Å². The normalized spacial score (nSPS) is 17.1. The number of fused-ring (bicyclic) bond motifs is 1. The second kappa shape index (κ2) is 5.75. The number of nitrogens with zero attached hydrogens (tertiary/aromatic N) is 1. The molecule has 0 saturated heterocycles. The fourth-order valence-corrected chi connectivity index (χ4v) is 2.47. The molecule has 0 aromatic heterocycles. The van der Waals surface area contributed by atoms with Gasteiger partial charge in [-0.15, -0.1) is 0 Å². The van der Waals surface area contributed by atoms with E-state index in [1.807, 2.05) is 31.2 Å². The summed E-state index contributed by atoms with van der Waals surface area (Å²) in [5, 5.41) is 15.1. The minimum absolute atomic E-state index is 0.488. The van der Waals surface area contributed by atoms with Crippen LogP contribution in [0.25, 0.3) is 10.8 Å². The van der Waals surface area contributed by atoms with Gasteiger partial charge in [0.25, 0.3) is 0 Å². The zero-order chi connectivity index (χ0) is 14.7. The SMILES string of the molecule is CC(C#N)(CCOc1ccc2ccccc2c1)NC1CC1. The van der Waals surface area contributed by atoms with E-state index in [1.54, 1.807) is 0 Å². The quantitative estimate of drug-likeness (QED) is 0.878. The van der Waals surface area contributed by atoms with E-state index in [2.05, 4.69) is 29.6 Å². The van der Waals surface area contributed by atoms with Crippen LogP contribution in [0.15, 0.2) is 42.5 Å². The van der Waals surface area contributed by atoms with Crippen molar-refractivity contribution in [2.75, 3.05) is 6.61 Å². The molecule has 1 aliphatic rings. The van der Waals surface area contributed by atoms with Crippen LogP contribution in [0.2, 0.25) is 0 Å². The van der Waals surface area contributed by atoms with Gasteiger partial charge in [0, 0.05) is 12.5 Å². The molecule has 0 aliphatic heterocycles. The van der Waals surface area contributed by atoms with Gasteiger partial charge in [-0.05, 0) is 42.7 Å². The van der Waals surface area contributed by atoms with E-state index in [9.17, 15) is 5.26 Å². The summed E-state index contributed by atoms with van der Waals surface area (Å²) in [4.78, 5) is 0. The van der Waals surface area contributed by atoms with E-state index in [1.165, 1.54) is 23.6 Å². The smallest absolute Gasteiger partial charge is 0.119 e. The second-order valence-corrected chi connectivity index (χ2v) is 5.97. The van der Waals surface area contributed by atoms with Crippen LogP contribution in [-0.2, 0) is 0 Å². The number of hydrogen-bond acceptors (Lipinski definition) is 3. The third kappa shape index (κ3) is 3.53. The lowest BCUT2D eigenvalue weighted by molar-refractivity contribution is 0.266. The van der Waals surface area contributed by atoms with Gasteiger partial charge >= 0.3 is 0 Å². The lowest BCUT2D eigenvalue weighted by atomic mass is 10.0. The molecule has 0 spiro atoms. The van der Waals surface area contributed by atoms with Crippen LogP contribution in [-0.4, -0.2) is 18.2 Å². The molecule has 3 nitrogen and oxygen atoms in total. The molecule has 1 aliphatic carbocycles. The molecule has 3 heteroatoms. The van der Waals surface area contributed by atoms with Crippen LogP contribution < -0.4 is 10.1 Å². The fraction of sp³-hybridized carbons (Fsp3) is 0.389. The van der Waals surface area contributed by atoms with Gasteiger partial charge < -0.3 is 4.74 Å². The van der Waals surface area contributed by atoms with E-state index in [4.69, 9.17) is 4.74 Å². The van der Waals surface area contributed by atoms with Crippen LogP contribution in [0.5, 0.6) is 5.75 Å². The highest BCUT2D eigenvalue weighted by Gasteiger charge is 2.32. The summed E-state index contributed by atoms with van der Waals surface area (Å²) < 4.78 is 5.82. The Morgan fingerprint density at radius 1 is 1.24 bits per heavy atom. The van der Waals surface area contributed by atoms with Crippen LogP contribution in [0, 0.1) is 11.3 Å². The molecule has 21 heavy (non-hydrogen) atoms. The fourth-order valence-electron chi connectivity index (χ4n) is 2.47. The maximum atomic E-state index is 9.33. The third-order valence-electron chi connectivity index (χ3n) is 3.94. The second-order valence-electron chi connectivity index (χ2n) is 5.97. The number of rotatable bonds is 6. The molecule has 1 N–H and O–H groups in total. The van der Waals surface area contributed by atoms with Crippen molar-refractivity contribution in [2.45, 2.75) is 37.8 Å². The zero-order valence-corrected chi connectivity index (χ0v) is 12.3. The Bertz CT molecular complexity index is 672. The first kappa shape index (κ1) is 13.9. The Hall–Kier alpha value is -2.05. The van der Waals surface area contributed by atoms with E-state index in [0.29, 0.717) is 19.1 Å². The molecule has 0 radical (unpaired) electrons. The first-order valence-corrected chi connectivity index (χ1v) is 7.49. The van der Waals surface area contributed by atoms with Crippen molar-refractivity contribution in [2.24, 2.45) is 0 Å². The van der Waals surface area contributed by atoms with Crippen molar-refractivity contribution in [3.05, 3.63) is 42.5 Å². The van der Waals surface area contributed by atoms with E-state index >= 15 is 0 Å². The lowest BCUT2D eigenvalue weighted by Gasteiger charge is -2.23. The molecule has 2 aromatic rings. The molecule has 1 saturated carbocycles. The van der Waals surface area contributed by atoms with E-state index in [-0.39, 0.29) is 0 Å². The zero-order valence-electron chi connectivity index (χ0n) is 12.3. The van der Waals surface area contributed by atoms with Crippen molar-refractivity contribution in [1.29, 1.82) is 5.26 Å². The van der Waals surface area contributed by atoms with Crippen LogP contribution in [0.4, 0.5) is 0 Å². The van der Waals surface area contributed by atoms with Gasteiger partial charge in [-0.25, -0.2) is 0 Å². The standard InChI is InChI=1S/C18H20N2O/c1-18(13-19,20-16-7-8-16)10-11-21-17-9-6-14-4-2-3-5-15(14)12-17/h2-6,9,12,16,20H,7-8,10-11H2,1H3. The van der Waals surface area contributed by atoms with Gasteiger partial charge in [0.05, 0.1) is 12.7 Å². The molecule has 1 atom stereocenters. The Balaban J connectivity index is 1.59. The Kier molecular flexibility index (Phi) is 3.81. The van der Waals surface area contributed by atoms with Gasteiger partial charge in [-0.3, -0.25) is 5.32 Å². The highest BCUT2D eigenvalue weighted by atomic mass is 16.5. The highest BCUT2D eigenvalue weighted by molar-refractivity contribution is 5.83. The number of nitrogens with one attached hydrogen (secondary N) is 1. The molecule has 108 valence electrons. The maximum absolute atomic E-state index is 9.33. The van der Waals surface area contributed by atoms with Crippen LogP contribution in [0.3, 0.4) is 0 Å². The number of ether oxygens (including phenoxy) is 1. The topological polar surface area (TPSA) is 45.0 Å². The summed E-state index contributed by atoms with van der Waals surface area (Å²) in [5.74, 6) is 0.861. The van der Waals surface area contributed by atoms with Crippen LogP contribution in [0.1, 0.15) is 26.2 Å². The third-order valence-corrected chi connectivity index (χ3v) is 3.94. The highest BCUT2D eigenvalue weighted by Crippen LogP contribution is 2.24. The van der Waals surface area contributed by atoms with Crippen molar-refractivity contribution in [1.82, 2.24) is 5.32 Å². The van der Waals surface area contributed by atoms with Crippen molar-refractivity contribution < 1.29 is 4.74 Å². The Morgan fingerprint density at radius 3 is 2.71 bits per heavy atom. The van der Waals surface area contributed by atoms with E-state index in [0.717, 1.165) is 5.75 Å². The van der Waals surface area contributed by atoms with Gasteiger partial charge in [-0.2, -0.15) is 5.26 Å². The first-order chi connectivity index (χ1) is 10.2. The Labute approximate surface area is 125 Å². The monoisotopic (exact) mass is 280 g/mol. The molecule has 0 bridgehead atoms. The molecular weight excluding hydrogens is 260 g/mol. The summed E-state index contributed by atoms with van der Waals surface area (Å²) in [7, 11) is 0. The molecule has 2 aromatic carbocycles. The molecule has 0 heterocycles. The summed E-state index contributed by atoms with van der Waals surface area (Å²) in [6.07, 6.45) is 3.05. The number of nitriles is 1. The van der Waals surface area contributed by atoms with Crippen molar-refractivity contribution in [3.63, 3.8) is 0 Å². The first-order valence-electron chi connectivity index (χ1n) is 7.49. The van der Waals surface area contributed by atoms with Crippen molar-refractivity contribution >= 4 is 10.8 Å². The summed E-state index contributed by atoms with van der Waals surface area (Å²) in [6.45, 7) is 2.50. The van der Waals surface area contributed by atoms with Gasteiger partial charge in [0.2, 0.25) is 0 Å². The van der Waals surface area contributed by atoms with Crippen LogP contribution >= 0.6 is 0 Å². The summed E-state index contributed by atoms with van der Waals surface area (Å²) in [6, 6.07) is 17.2. The largest absolute Gasteiger partial charge is 0.493 e. The predicted molar refractivity (Wildman–Crippen MR) is 84.2 cm³/mol. The minimum atomic E-state index is -0.488. The lowest BCUT2D eigenvalue weighted by Crippen LogP contribution is -2.43. The molecule has 3 rings (SSSR count). The number of benzene rings is 2. The molecular formula is C18H20N2O. The molecule has 1 fully saturated rings.